The van der Waals surface area contributed by atoms with Crippen LogP contribution in [0.1, 0.15) is 18.9 Å². The zero-order valence-corrected chi connectivity index (χ0v) is 9.37. The van der Waals surface area contributed by atoms with Gasteiger partial charge in [-0.25, -0.2) is 0 Å². The van der Waals surface area contributed by atoms with Crippen molar-refractivity contribution in [3.8, 4) is 0 Å². The van der Waals surface area contributed by atoms with Gasteiger partial charge in [0.15, 0.2) is 0 Å². The van der Waals surface area contributed by atoms with Gasteiger partial charge in [0.1, 0.15) is 0 Å². The summed E-state index contributed by atoms with van der Waals surface area (Å²) in [5.74, 6) is 0. The van der Waals surface area contributed by atoms with Crippen LogP contribution in [-0.2, 0) is 4.74 Å². The minimum Gasteiger partial charge on any atom is -0.381 e. The smallest absolute Gasteiger partial charge is 0.251 e. The lowest BCUT2D eigenvalue weighted by molar-refractivity contribution is 0.0688. The van der Waals surface area contributed by atoms with Crippen LogP contribution in [0.4, 0.5) is 0 Å². The molecule has 5 nitrogen and oxygen atoms in total. The van der Waals surface area contributed by atoms with Crippen LogP contribution in [-0.4, -0.2) is 28.0 Å². The minimum atomic E-state index is 0.0254. The van der Waals surface area contributed by atoms with E-state index in [1.54, 1.807) is 23.0 Å². The summed E-state index contributed by atoms with van der Waals surface area (Å²) in [7, 11) is 0. The van der Waals surface area contributed by atoms with E-state index in [1.807, 2.05) is 6.20 Å². The molecule has 0 saturated carbocycles. The molecule has 3 heterocycles. The molecule has 0 unspecified atom stereocenters. The Kier molecular flexibility index (Phi) is 2.60. The first-order valence-corrected chi connectivity index (χ1v) is 5.75. The number of hydrogen-bond acceptors (Lipinski definition) is 4. The molecular formula is C12H13N3O2. The van der Waals surface area contributed by atoms with Gasteiger partial charge in [-0.15, -0.1) is 0 Å². The van der Waals surface area contributed by atoms with Crippen molar-refractivity contribution in [2.45, 2.75) is 18.9 Å². The third-order valence-corrected chi connectivity index (χ3v) is 3.19. The van der Waals surface area contributed by atoms with Crippen molar-refractivity contribution in [1.82, 2.24) is 14.8 Å². The predicted octanol–water partition coefficient (Wildman–Crippen LogP) is 1.14. The van der Waals surface area contributed by atoms with Crippen molar-refractivity contribution in [1.29, 1.82) is 0 Å². The molecule has 0 radical (unpaired) electrons. The van der Waals surface area contributed by atoms with Crippen LogP contribution in [0, 0.1) is 0 Å². The second-order valence-corrected chi connectivity index (χ2v) is 4.26. The van der Waals surface area contributed by atoms with Gasteiger partial charge in [-0.05, 0) is 12.8 Å². The normalized spacial score (nSPS) is 17.4. The van der Waals surface area contributed by atoms with Gasteiger partial charge >= 0.3 is 0 Å². The van der Waals surface area contributed by atoms with E-state index in [2.05, 4.69) is 10.2 Å². The fraction of sp³-hybridized carbons (Fsp3) is 0.417. The number of rotatable bonds is 1. The Morgan fingerprint density at radius 2 is 1.88 bits per heavy atom. The van der Waals surface area contributed by atoms with Crippen LogP contribution in [0.25, 0.3) is 10.8 Å². The van der Waals surface area contributed by atoms with E-state index >= 15 is 0 Å². The quantitative estimate of drug-likeness (QED) is 0.738. The van der Waals surface area contributed by atoms with Crippen molar-refractivity contribution in [3.63, 3.8) is 0 Å². The molecule has 1 aliphatic rings. The molecule has 0 atom stereocenters. The van der Waals surface area contributed by atoms with E-state index in [4.69, 9.17) is 4.74 Å². The average molecular weight is 231 g/mol. The molecule has 1 aliphatic heterocycles. The first-order valence-electron chi connectivity index (χ1n) is 5.75. The lowest BCUT2D eigenvalue weighted by Gasteiger charge is -2.24. The molecule has 0 spiro atoms. The maximum atomic E-state index is 12.0. The first-order chi connectivity index (χ1) is 8.34. The molecule has 2 aromatic heterocycles. The molecule has 3 rings (SSSR count). The van der Waals surface area contributed by atoms with Crippen LogP contribution in [0.15, 0.2) is 29.5 Å². The Labute approximate surface area is 98.0 Å². The maximum Gasteiger partial charge on any atom is 0.251 e. The van der Waals surface area contributed by atoms with E-state index in [0.717, 1.165) is 36.8 Å². The summed E-state index contributed by atoms with van der Waals surface area (Å²) in [6.07, 6.45) is 6.96. The van der Waals surface area contributed by atoms with Crippen molar-refractivity contribution in [2.24, 2.45) is 0 Å². The maximum absolute atomic E-state index is 12.0. The molecular weight excluding hydrogens is 218 g/mol. The Balaban J connectivity index is 2.09. The lowest BCUT2D eigenvalue weighted by atomic mass is 10.1. The van der Waals surface area contributed by atoms with Gasteiger partial charge in [-0.3, -0.25) is 4.79 Å². The van der Waals surface area contributed by atoms with E-state index in [9.17, 15) is 4.79 Å². The summed E-state index contributed by atoms with van der Waals surface area (Å²) < 4.78 is 7.11. The van der Waals surface area contributed by atoms with Gasteiger partial charge in [-0.2, -0.15) is 10.2 Å². The molecule has 0 N–H and O–H groups in total. The SMILES string of the molecule is O=c1cc2cnncc2cn1C1CCOCC1. The molecule has 1 saturated heterocycles. The summed E-state index contributed by atoms with van der Waals surface area (Å²) in [4.78, 5) is 12.0. The van der Waals surface area contributed by atoms with E-state index in [1.165, 1.54) is 0 Å². The van der Waals surface area contributed by atoms with Crippen molar-refractivity contribution in [2.75, 3.05) is 13.2 Å². The fourth-order valence-electron chi connectivity index (χ4n) is 2.24. The van der Waals surface area contributed by atoms with Gasteiger partial charge < -0.3 is 9.30 Å². The summed E-state index contributed by atoms with van der Waals surface area (Å²) in [5.41, 5.74) is 0.0254. The Morgan fingerprint density at radius 1 is 1.18 bits per heavy atom. The van der Waals surface area contributed by atoms with Gasteiger partial charge in [0.05, 0.1) is 12.4 Å². The highest BCUT2D eigenvalue weighted by atomic mass is 16.5. The molecule has 1 fully saturated rings. The van der Waals surface area contributed by atoms with Crippen LogP contribution < -0.4 is 5.56 Å². The Bertz CT molecular complexity index is 588. The molecule has 0 amide bonds. The second-order valence-electron chi connectivity index (χ2n) is 4.26. The van der Waals surface area contributed by atoms with Gasteiger partial charge in [0, 0.05) is 42.3 Å². The highest BCUT2D eigenvalue weighted by Gasteiger charge is 2.16. The lowest BCUT2D eigenvalue weighted by Crippen LogP contribution is -2.28. The van der Waals surface area contributed by atoms with Gasteiger partial charge in [0.25, 0.3) is 5.56 Å². The molecule has 2 aromatic rings. The molecule has 5 heteroatoms. The van der Waals surface area contributed by atoms with Crippen LogP contribution in [0.3, 0.4) is 0 Å². The summed E-state index contributed by atoms with van der Waals surface area (Å²) >= 11 is 0. The summed E-state index contributed by atoms with van der Waals surface area (Å²) in [6, 6.07) is 1.87. The monoisotopic (exact) mass is 231 g/mol. The van der Waals surface area contributed by atoms with Gasteiger partial charge in [0.2, 0.25) is 0 Å². The fourth-order valence-corrected chi connectivity index (χ4v) is 2.24. The zero-order chi connectivity index (χ0) is 11.7. The molecule has 88 valence electrons. The highest BCUT2D eigenvalue weighted by molar-refractivity contribution is 5.79. The average Bonchev–Trinajstić information content (AvgIpc) is 2.39. The topological polar surface area (TPSA) is 57.0 Å². The number of nitrogens with zero attached hydrogens (tertiary/aromatic N) is 3. The van der Waals surface area contributed by atoms with Crippen molar-refractivity contribution >= 4 is 10.8 Å². The van der Waals surface area contributed by atoms with E-state index in [0.29, 0.717) is 0 Å². The third kappa shape index (κ3) is 1.93. The van der Waals surface area contributed by atoms with Crippen LogP contribution in [0.5, 0.6) is 0 Å². The Morgan fingerprint density at radius 3 is 2.65 bits per heavy atom. The number of hydrogen-bond donors (Lipinski definition) is 0. The van der Waals surface area contributed by atoms with Crippen molar-refractivity contribution in [3.05, 3.63) is 35.0 Å². The first kappa shape index (κ1) is 10.4. The van der Waals surface area contributed by atoms with E-state index in [-0.39, 0.29) is 11.6 Å². The van der Waals surface area contributed by atoms with Crippen LogP contribution in [0.2, 0.25) is 0 Å². The summed E-state index contributed by atoms with van der Waals surface area (Å²) in [6.45, 7) is 1.45. The largest absolute Gasteiger partial charge is 0.381 e. The number of fused-ring (bicyclic) bond motifs is 1. The van der Waals surface area contributed by atoms with Crippen LogP contribution >= 0.6 is 0 Å². The molecule has 0 aromatic carbocycles. The predicted molar refractivity (Wildman–Crippen MR) is 62.9 cm³/mol. The van der Waals surface area contributed by atoms with Crippen molar-refractivity contribution < 1.29 is 4.74 Å². The molecule has 0 bridgehead atoms. The number of aromatic nitrogens is 3. The molecule has 0 aliphatic carbocycles. The highest BCUT2D eigenvalue weighted by Crippen LogP contribution is 2.20. The molecule has 17 heavy (non-hydrogen) atoms. The van der Waals surface area contributed by atoms with Gasteiger partial charge in [-0.1, -0.05) is 0 Å². The standard InChI is InChI=1S/C12H13N3O2/c16-12-5-9-6-13-14-7-10(9)8-15(12)11-1-3-17-4-2-11/h5-8,11H,1-4H2. The second kappa shape index (κ2) is 4.25. The third-order valence-electron chi connectivity index (χ3n) is 3.19. The number of ether oxygens (including phenoxy) is 1. The number of pyridine rings is 1. The minimum absolute atomic E-state index is 0.0254. The van der Waals surface area contributed by atoms with E-state index < -0.39 is 0 Å². The summed E-state index contributed by atoms with van der Waals surface area (Å²) in [5, 5.41) is 9.41. The Hall–Kier alpha value is -1.75. The zero-order valence-electron chi connectivity index (χ0n) is 9.37.